The van der Waals surface area contributed by atoms with Crippen LogP contribution in [-0.4, -0.2) is 48.0 Å². The van der Waals surface area contributed by atoms with E-state index in [1.54, 1.807) is 17.9 Å². The number of amides is 5. The normalized spacial score (nSPS) is 15.8. The molecule has 1 aliphatic rings. The van der Waals surface area contributed by atoms with Crippen molar-refractivity contribution >= 4 is 23.7 Å². The average Bonchev–Trinajstić information content (AvgIpc) is 3.01. The summed E-state index contributed by atoms with van der Waals surface area (Å²) in [5.41, 5.74) is 1.44. The second-order valence-electron chi connectivity index (χ2n) is 6.45. The van der Waals surface area contributed by atoms with Gasteiger partial charge in [0, 0.05) is 31.4 Å². The summed E-state index contributed by atoms with van der Waals surface area (Å²) in [5, 5.41) is 11.0. The standard InChI is InChI=1S/C18H27N5O3/c1-4-12(2)20-16(24)13(3)21-17(25)22-15-8-6-5-7-14(15)11-23-10-9-19-18(23)26/h5-8,12-13H,4,9-11H2,1-3H3,(H,19,26)(H,20,24)(H2,21,22,25)/t12-,13+/m1/s1. The van der Waals surface area contributed by atoms with Gasteiger partial charge in [-0.2, -0.15) is 0 Å². The summed E-state index contributed by atoms with van der Waals surface area (Å²) in [7, 11) is 0. The number of hydrogen-bond acceptors (Lipinski definition) is 3. The SMILES string of the molecule is CC[C@@H](C)NC(=O)[C@H](C)NC(=O)Nc1ccccc1CN1CCNC1=O. The predicted octanol–water partition coefficient (Wildman–Crippen LogP) is 1.64. The molecule has 1 saturated heterocycles. The number of anilines is 1. The molecule has 0 spiro atoms. The number of urea groups is 2. The van der Waals surface area contributed by atoms with Gasteiger partial charge in [-0.05, 0) is 31.9 Å². The monoisotopic (exact) mass is 361 g/mol. The lowest BCUT2D eigenvalue weighted by Gasteiger charge is -2.20. The molecule has 0 radical (unpaired) electrons. The van der Waals surface area contributed by atoms with Crippen LogP contribution >= 0.6 is 0 Å². The summed E-state index contributed by atoms with van der Waals surface area (Å²) >= 11 is 0. The molecule has 1 aromatic carbocycles. The van der Waals surface area contributed by atoms with E-state index < -0.39 is 12.1 Å². The third-order valence-corrected chi connectivity index (χ3v) is 4.31. The zero-order valence-electron chi connectivity index (χ0n) is 15.5. The zero-order chi connectivity index (χ0) is 19.1. The largest absolute Gasteiger partial charge is 0.352 e. The van der Waals surface area contributed by atoms with E-state index in [-0.39, 0.29) is 18.0 Å². The van der Waals surface area contributed by atoms with E-state index >= 15 is 0 Å². The highest BCUT2D eigenvalue weighted by Gasteiger charge is 2.21. The van der Waals surface area contributed by atoms with Gasteiger partial charge in [0.05, 0.1) is 0 Å². The van der Waals surface area contributed by atoms with Gasteiger partial charge in [-0.3, -0.25) is 4.79 Å². The Kier molecular flexibility index (Phi) is 6.82. The fourth-order valence-corrected chi connectivity index (χ4v) is 2.54. The van der Waals surface area contributed by atoms with Crippen LogP contribution in [0.2, 0.25) is 0 Å². The lowest BCUT2D eigenvalue weighted by molar-refractivity contribution is -0.123. The molecule has 1 heterocycles. The maximum atomic E-state index is 12.2. The highest BCUT2D eigenvalue weighted by atomic mass is 16.2. The number of carbonyl (C=O) groups excluding carboxylic acids is 3. The molecule has 8 heteroatoms. The molecule has 0 aromatic heterocycles. The van der Waals surface area contributed by atoms with Crippen molar-refractivity contribution in [3.8, 4) is 0 Å². The van der Waals surface area contributed by atoms with E-state index in [9.17, 15) is 14.4 Å². The molecular formula is C18H27N5O3. The number of hydrogen-bond donors (Lipinski definition) is 4. The Bertz CT molecular complexity index is 664. The van der Waals surface area contributed by atoms with Gasteiger partial charge in [-0.1, -0.05) is 25.1 Å². The van der Waals surface area contributed by atoms with Crippen molar-refractivity contribution in [2.45, 2.75) is 45.8 Å². The molecule has 0 saturated carbocycles. The van der Waals surface area contributed by atoms with Gasteiger partial charge in [0.2, 0.25) is 5.91 Å². The first-order valence-electron chi connectivity index (χ1n) is 8.89. The van der Waals surface area contributed by atoms with Crippen molar-refractivity contribution in [2.75, 3.05) is 18.4 Å². The van der Waals surface area contributed by atoms with Crippen LogP contribution in [0.4, 0.5) is 15.3 Å². The van der Waals surface area contributed by atoms with Crippen molar-refractivity contribution in [3.63, 3.8) is 0 Å². The van der Waals surface area contributed by atoms with E-state index in [2.05, 4.69) is 21.3 Å². The van der Waals surface area contributed by atoms with E-state index in [0.717, 1.165) is 12.0 Å². The Morgan fingerprint density at radius 2 is 1.96 bits per heavy atom. The smallest absolute Gasteiger partial charge is 0.319 e. The summed E-state index contributed by atoms with van der Waals surface area (Å²) in [6.07, 6.45) is 0.822. The Balaban J connectivity index is 1.94. The fraction of sp³-hybridized carbons (Fsp3) is 0.500. The Morgan fingerprint density at radius 1 is 1.23 bits per heavy atom. The minimum atomic E-state index is -0.652. The first-order valence-corrected chi connectivity index (χ1v) is 8.89. The third kappa shape index (κ3) is 5.37. The minimum Gasteiger partial charge on any atom is -0.352 e. The van der Waals surface area contributed by atoms with Gasteiger partial charge < -0.3 is 26.2 Å². The third-order valence-electron chi connectivity index (χ3n) is 4.31. The molecule has 0 aliphatic carbocycles. The van der Waals surface area contributed by atoms with Gasteiger partial charge in [-0.25, -0.2) is 9.59 Å². The van der Waals surface area contributed by atoms with Gasteiger partial charge in [0.25, 0.3) is 0 Å². The van der Waals surface area contributed by atoms with Crippen molar-refractivity contribution in [2.24, 2.45) is 0 Å². The zero-order valence-corrected chi connectivity index (χ0v) is 15.5. The highest BCUT2D eigenvalue weighted by molar-refractivity contribution is 5.94. The molecule has 2 rings (SSSR count). The second-order valence-corrected chi connectivity index (χ2v) is 6.45. The summed E-state index contributed by atoms with van der Waals surface area (Å²) in [6.45, 7) is 7.19. The number of nitrogens with zero attached hydrogens (tertiary/aromatic N) is 1. The van der Waals surface area contributed by atoms with Crippen LogP contribution in [0.5, 0.6) is 0 Å². The van der Waals surface area contributed by atoms with E-state index in [1.165, 1.54) is 0 Å². The quantitative estimate of drug-likeness (QED) is 0.594. The number of para-hydroxylation sites is 1. The summed E-state index contributed by atoms with van der Waals surface area (Å²) in [6, 6.07) is 6.13. The van der Waals surface area contributed by atoms with Crippen molar-refractivity contribution in [3.05, 3.63) is 29.8 Å². The van der Waals surface area contributed by atoms with Gasteiger partial charge in [0.1, 0.15) is 6.04 Å². The maximum Gasteiger partial charge on any atom is 0.319 e. The Labute approximate surface area is 153 Å². The van der Waals surface area contributed by atoms with Gasteiger partial charge >= 0.3 is 12.1 Å². The lowest BCUT2D eigenvalue weighted by atomic mass is 10.1. The van der Waals surface area contributed by atoms with Crippen LogP contribution in [0.3, 0.4) is 0 Å². The van der Waals surface area contributed by atoms with Crippen LogP contribution in [0.1, 0.15) is 32.8 Å². The minimum absolute atomic E-state index is 0.0575. The Morgan fingerprint density at radius 3 is 2.62 bits per heavy atom. The summed E-state index contributed by atoms with van der Waals surface area (Å²) in [4.78, 5) is 37.7. The number of carbonyl (C=O) groups is 3. The van der Waals surface area contributed by atoms with Crippen LogP contribution in [0.25, 0.3) is 0 Å². The number of rotatable bonds is 7. The first kappa shape index (κ1) is 19.6. The molecule has 1 fully saturated rings. The molecule has 4 N–H and O–H groups in total. The molecule has 2 atom stereocenters. The molecule has 0 bridgehead atoms. The van der Waals surface area contributed by atoms with Crippen LogP contribution in [0.15, 0.2) is 24.3 Å². The summed E-state index contributed by atoms with van der Waals surface area (Å²) in [5.74, 6) is -0.225. The van der Waals surface area contributed by atoms with Crippen molar-refractivity contribution < 1.29 is 14.4 Å². The molecule has 1 aliphatic heterocycles. The van der Waals surface area contributed by atoms with Crippen molar-refractivity contribution in [1.29, 1.82) is 0 Å². The molecule has 1 aromatic rings. The van der Waals surface area contributed by atoms with Crippen LogP contribution in [0, 0.1) is 0 Å². The van der Waals surface area contributed by atoms with Gasteiger partial charge in [-0.15, -0.1) is 0 Å². The maximum absolute atomic E-state index is 12.2. The molecule has 8 nitrogen and oxygen atoms in total. The van der Waals surface area contributed by atoms with Crippen LogP contribution in [-0.2, 0) is 11.3 Å². The highest BCUT2D eigenvalue weighted by Crippen LogP contribution is 2.18. The average molecular weight is 361 g/mol. The molecule has 26 heavy (non-hydrogen) atoms. The van der Waals surface area contributed by atoms with Gasteiger partial charge in [0.15, 0.2) is 0 Å². The lowest BCUT2D eigenvalue weighted by Crippen LogP contribution is -2.48. The molecule has 142 valence electrons. The molecule has 0 unspecified atom stereocenters. The summed E-state index contributed by atoms with van der Waals surface area (Å²) < 4.78 is 0. The Hall–Kier alpha value is -2.77. The van der Waals surface area contributed by atoms with Crippen LogP contribution < -0.4 is 21.3 Å². The van der Waals surface area contributed by atoms with E-state index in [0.29, 0.717) is 25.3 Å². The molecular weight excluding hydrogens is 334 g/mol. The number of nitrogens with one attached hydrogen (secondary N) is 4. The van der Waals surface area contributed by atoms with E-state index in [4.69, 9.17) is 0 Å². The topological polar surface area (TPSA) is 103 Å². The second kappa shape index (κ2) is 9.07. The predicted molar refractivity (Wildman–Crippen MR) is 99.8 cm³/mol. The molecule has 5 amide bonds. The first-order chi connectivity index (χ1) is 12.4. The number of benzene rings is 1. The van der Waals surface area contributed by atoms with E-state index in [1.807, 2.05) is 32.0 Å². The van der Waals surface area contributed by atoms with Crippen molar-refractivity contribution in [1.82, 2.24) is 20.9 Å². The fourth-order valence-electron chi connectivity index (χ4n) is 2.54.